The van der Waals surface area contributed by atoms with Crippen LogP contribution >= 0.6 is 0 Å². The van der Waals surface area contributed by atoms with E-state index in [0.717, 1.165) is 25.9 Å². The predicted molar refractivity (Wildman–Crippen MR) is 70.5 cm³/mol. The van der Waals surface area contributed by atoms with E-state index in [-0.39, 0.29) is 5.54 Å². The zero-order chi connectivity index (χ0) is 12.7. The van der Waals surface area contributed by atoms with E-state index in [4.69, 9.17) is 5.26 Å². The van der Waals surface area contributed by atoms with E-state index in [1.54, 1.807) is 0 Å². The lowest BCUT2D eigenvalue weighted by Crippen LogP contribution is -2.34. The van der Waals surface area contributed by atoms with Crippen molar-refractivity contribution in [2.75, 3.05) is 0 Å². The van der Waals surface area contributed by atoms with Gasteiger partial charge in [-0.3, -0.25) is 0 Å². The quantitative estimate of drug-likeness (QED) is 0.767. The highest BCUT2D eigenvalue weighted by Gasteiger charge is 2.08. The van der Waals surface area contributed by atoms with Crippen molar-refractivity contribution in [3.05, 3.63) is 24.0 Å². The van der Waals surface area contributed by atoms with Crippen LogP contribution in [0, 0.1) is 11.3 Å². The maximum absolute atomic E-state index is 8.45. The number of unbranched alkanes of at least 4 members (excludes halogenated alkanes) is 2. The van der Waals surface area contributed by atoms with E-state index < -0.39 is 0 Å². The maximum Gasteiger partial charge on any atom is 0.0621 e. The molecule has 0 fully saturated rings. The average molecular weight is 233 g/mol. The fourth-order valence-electron chi connectivity index (χ4n) is 1.60. The molecule has 1 rings (SSSR count). The van der Waals surface area contributed by atoms with E-state index >= 15 is 0 Å². The molecule has 0 aliphatic carbocycles. The van der Waals surface area contributed by atoms with E-state index in [2.05, 4.69) is 55.2 Å². The van der Waals surface area contributed by atoms with Gasteiger partial charge in [-0.25, -0.2) is 0 Å². The van der Waals surface area contributed by atoms with Crippen LogP contribution in [0.5, 0.6) is 0 Å². The van der Waals surface area contributed by atoms with Crippen molar-refractivity contribution in [3.63, 3.8) is 0 Å². The van der Waals surface area contributed by atoms with Crippen LogP contribution < -0.4 is 5.32 Å². The number of nitrogens with one attached hydrogen (secondary N) is 1. The summed E-state index contributed by atoms with van der Waals surface area (Å²) in [5.74, 6) is 0. The van der Waals surface area contributed by atoms with Gasteiger partial charge in [0.25, 0.3) is 0 Å². The highest BCUT2D eigenvalue weighted by Crippen LogP contribution is 2.07. The number of aromatic nitrogens is 1. The van der Waals surface area contributed by atoms with Gasteiger partial charge in [-0.15, -0.1) is 0 Å². The predicted octanol–water partition coefficient (Wildman–Crippen LogP) is 3.07. The first-order valence-corrected chi connectivity index (χ1v) is 6.28. The lowest BCUT2D eigenvalue weighted by atomic mass is 10.1. The summed E-state index contributed by atoms with van der Waals surface area (Å²) in [6.45, 7) is 8.44. The van der Waals surface area contributed by atoms with Crippen LogP contribution in [0.1, 0.15) is 45.6 Å². The van der Waals surface area contributed by atoms with Gasteiger partial charge < -0.3 is 9.88 Å². The standard InChI is InChI=1S/C14H23N3/c1-14(2,3)16-11-13-7-10-17(12-13)9-6-4-5-8-15/h7,10,12,16H,4-6,9,11H2,1-3H3. The second-order valence-corrected chi connectivity index (χ2v) is 5.48. The van der Waals surface area contributed by atoms with E-state index in [0.29, 0.717) is 6.42 Å². The van der Waals surface area contributed by atoms with Crippen molar-refractivity contribution in [1.29, 1.82) is 5.26 Å². The maximum atomic E-state index is 8.45. The van der Waals surface area contributed by atoms with Gasteiger partial charge in [0.15, 0.2) is 0 Å². The van der Waals surface area contributed by atoms with Gasteiger partial charge in [0.2, 0.25) is 0 Å². The summed E-state index contributed by atoms with van der Waals surface area (Å²) >= 11 is 0. The Balaban J connectivity index is 2.30. The normalized spacial score (nSPS) is 11.4. The molecule has 17 heavy (non-hydrogen) atoms. The van der Waals surface area contributed by atoms with Crippen molar-refractivity contribution < 1.29 is 0 Å². The molecule has 1 N–H and O–H groups in total. The molecule has 0 saturated heterocycles. The summed E-state index contributed by atoms with van der Waals surface area (Å²) in [5.41, 5.74) is 1.48. The number of nitriles is 1. The third-order valence-electron chi connectivity index (χ3n) is 2.59. The largest absolute Gasteiger partial charge is 0.354 e. The molecule has 0 aliphatic rings. The summed E-state index contributed by atoms with van der Waals surface area (Å²) < 4.78 is 2.21. The number of hydrogen-bond donors (Lipinski definition) is 1. The minimum atomic E-state index is 0.162. The molecule has 0 saturated carbocycles. The molecule has 1 heterocycles. The van der Waals surface area contributed by atoms with Gasteiger partial charge >= 0.3 is 0 Å². The molecule has 1 aromatic heterocycles. The number of aryl methyl sites for hydroxylation is 1. The Bertz CT molecular complexity index is 366. The van der Waals surface area contributed by atoms with Gasteiger partial charge in [-0.05, 0) is 45.2 Å². The molecule has 0 radical (unpaired) electrons. The zero-order valence-electron chi connectivity index (χ0n) is 11.2. The summed E-state index contributed by atoms with van der Waals surface area (Å²) in [4.78, 5) is 0. The van der Waals surface area contributed by atoms with Crippen molar-refractivity contribution >= 4 is 0 Å². The molecule has 0 aliphatic heterocycles. The zero-order valence-corrected chi connectivity index (χ0v) is 11.2. The fraction of sp³-hybridized carbons (Fsp3) is 0.643. The molecule has 0 aromatic carbocycles. The number of hydrogen-bond acceptors (Lipinski definition) is 2. The first kappa shape index (κ1) is 13.8. The Morgan fingerprint density at radius 3 is 2.76 bits per heavy atom. The van der Waals surface area contributed by atoms with E-state index in [1.807, 2.05) is 0 Å². The third-order valence-corrected chi connectivity index (χ3v) is 2.59. The molecule has 0 unspecified atom stereocenters. The number of rotatable bonds is 6. The van der Waals surface area contributed by atoms with Gasteiger partial charge in [0.1, 0.15) is 0 Å². The Kier molecular flexibility index (Phi) is 5.24. The molecule has 1 aromatic rings. The molecule has 94 valence electrons. The van der Waals surface area contributed by atoms with Crippen LogP contribution in [0.15, 0.2) is 18.5 Å². The smallest absolute Gasteiger partial charge is 0.0621 e. The molecule has 3 nitrogen and oxygen atoms in total. The second-order valence-electron chi connectivity index (χ2n) is 5.48. The summed E-state index contributed by atoms with van der Waals surface area (Å²) in [6.07, 6.45) is 7.04. The number of nitrogens with zero attached hydrogens (tertiary/aromatic N) is 2. The third kappa shape index (κ3) is 6.13. The lowest BCUT2D eigenvalue weighted by molar-refractivity contribution is 0.424. The minimum absolute atomic E-state index is 0.162. The lowest BCUT2D eigenvalue weighted by Gasteiger charge is -2.19. The van der Waals surface area contributed by atoms with Crippen molar-refractivity contribution in [2.45, 2.75) is 58.7 Å². The SMILES string of the molecule is CC(C)(C)NCc1ccn(CCCCC#N)c1. The van der Waals surface area contributed by atoms with Crippen LogP contribution in [-0.4, -0.2) is 10.1 Å². The van der Waals surface area contributed by atoms with Gasteiger partial charge in [0.05, 0.1) is 6.07 Å². The Morgan fingerprint density at radius 2 is 2.12 bits per heavy atom. The first-order chi connectivity index (χ1) is 8.01. The topological polar surface area (TPSA) is 40.8 Å². The molecule has 3 heteroatoms. The summed E-state index contributed by atoms with van der Waals surface area (Å²) in [7, 11) is 0. The Labute approximate surface area is 104 Å². The van der Waals surface area contributed by atoms with Crippen molar-refractivity contribution in [1.82, 2.24) is 9.88 Å². The Morgan fingerprint density at radius 1 is 1.35 bits per heavy atom. The Hall–Kier alpha value is -1.27. The highest BCUT2D eigenvalue weighted by molar-refractivity contribution is 5.10. The summed E-state index contributed by atoms with van der Waals surface area (Å²) in [5, 5.41) is 11.9. The van der Waals surface area contributed by atoms with Crippen molar-refractivity contribution in [2.24, 2.45) is 0 Å². The molecule has 0 bridgehead atoms. The average Bonchev–Trinajstić information content (AvgIpc) is 2.69. The van der Waals surface area contributed by atoms with Crippen LogP contribution in [0.2, 0.25) is 0 Å². The van der Waals surface area contributed by atoms with Gasteiger partial charge in [0, 0.05) is 37.4 Å². The molecule has 0 amide bonds. The molecular formula is C14H23N3. The minimum Gasteiger partial charge on any atom is -0.354 e. The van der Waals surface area contributed by atoms with Crippen LogP contribution in [0.4, 0.5) is 0 Å². The highest BCUT2D eigenvalue weighted by atomic mass is 15.0. The molecule has 0 spiro atoms. The molecule has 0 atom stereocenters. The summed E-state index contributed by atoms with van der Waals surface area (Å²) in [6, 6.07) is 4.33. The van der Waals surface area contributed by atoms with E-state index in [9.17, 15) is 0 Å². The fourth-order valence-corrected chi connectivity index (χ4v) is 1.60. The second kappa shape index (κ2) is 6.46. The molecular weight excluding hydrogens is 210 g/mol. The van der Waals surface area contributed by atoms with Crippen LogP contribution in [0.3, 0.4) is 0 Å². The van der Waals surface area contributed by atoms with Gasteiger partial charge in [-0.2, -0.15) is 5.26 Å². The first-order valence-electron chi connectivity index (χ1n) is 6.28. The van der Waals surface area contributed by atoms with Crippen molar-refractivity contribution in [3.8, 4) is 6.07 Å². The monoisotopic (exact) mass is 233 g/mol. The van der Waals surface area contributed by atoms with E-state index in [1.165, 1.54) is 5.56 Å². The van der Waals surface area contributed by atoms with Crippen LogP contribution in [-0.2, 0) is 13.1 Å². The van der Waals surface area contributed by atoms with Crippen LogP contribution in [0.25, 0.3) is 0 Å². The van der Waals surface area contributed by atoms with Gasteiger partial charge in [-0.1, -0.05) is 0 Å².